The van der Waals surface area contributed by atoms with Crippen LogP contribution in [0.1, 0.15) is 93.1 Å². The molecule has 14 nitrogen and oxygen atoms in total. The van der Waals surface area contributed by atoms with E-state index in [2.05, 4.69) is 106 Å². The molecule has 0 aromatic heterocycles. The molecule has 368 valence electrons. The maximum Gasteiger partial charge on any atom is 0.232 e. The van der Waals surface area contributed by atoms with Gasteiger partial charge in [-0.3, -0.25) is 34.6 Å². The van der Waals surface area contributed by atoms with E-state index in [4.69, 9.17) is 10.0 Å². The summed E-state index contributed by atoms with van der Waals surface area (Å²) in [6.45, 7) is 10.7. The summed E-state index contributed by atoms with van der Waals surface area (Å²) in [4.78, 5) is 56.6. The van der Waals surface area contributed by atoms with Crippen molar-refractivity contribution >= 4 is 41.2 Å². The maximum absolute atomic E-state index is 14.1. The number of rotatable bonds is 23. The number of anilines is 2. The number of nitro groups is 1. The molecule has 1 aliphatic heterocycles. The number of piperazine rings is 1. The summed E-state index contributed by atoms with van der Waals surface area (Å²) < 4.78 is 0. The lowest BCUT2D eigenvalue weighted by molar-refractivity contribution is -0.528. The zero-order valence-corrected chi connectivity index (χ0v) is 41.4. The van der Waals surface area contributed by atoms with E-state index in [1.807, 2.05) is 32.3 Å². The van der Waals surface area contributed by atoms with Gasteiger partial charge in [-0.2, -0.15) is 0 Å². The third-order valence-electron chi connectivity index (χ3n) is 13.0. The van der Waals surface area contributed by atoms with Gasteiger partial charge in [-0.05, 0) is 95.1 Å². The van der Waals surface area contributed by atoms with Crippen molar-refractivity contribution in [3.8, 4) is 11.1 Å². The summed E-state index contributed by atoms with van der Waals surface area (Å²) in [5, 5.41) is 38.5. The fourth-order valence-electron chi connectivity index (χ4n) is 8.96. The van der Waals surface area contributed by atoms with Crippen LogP contribution in [0.2, 0.25) is 0 Å². The van der Waals surface area contributed by atoms with E-state index >= 15 is 0 Å². The molecule has 3 aromatic rings. The Morgan fingerprint density at radius 2 is 1.76 bits per heavy atom. The number of Topliss-reactive ketones (excluding diaryl/α,β-unsaturated/α-hetero) is 1. The zero-order valence-electron chi connectivity index (χ0n) is 40.6. The lowest BCUT2D eigenvalue weighted by atomic mass is 9.75. The summed E-state index contributed by atoms with van der Waals surface area (Å²) >= 11 is 1.78. The van der Waals surface area contributed by atoms with Crippen LogP contribution in [0.25, 0.3) is 11.1 Å². The molecule has 0 spiro atoms. The van der Waals surface area contributed by atoms with Crippen LogP contribution in [-0.4, -0.2) is 119 Å². The minimum Gasteiger partial charge on any atom is -0.389 e. The smallest absolute Gasteiger partial charge is 0.232 e. The van der Waals surface area contributed by atoms with E-state index in [1.54, 1.807) is 30.8 Å². The number of carbonyl (C=O) groups is 3. The summed E-state index contributed by atoms with van der Waals surface area (Å²) in [5.41, 5.74) is 6.52. The van der Waals surface area contributed by atoms with Gasteiger partial charge in [0.2, 0.25) is 18.4 Å². The van der Waals surface area contributed by atoms with E-state index in [1.165, 1.54) is 32.6 Å². The first-order chi connectivity index (χ1) is 32.7. The number of unbranched alkanes of at least 4 members (excludes halogenated alkanes) is 2. The average Bonchev–Trinajstić information content (AvgIpc) is 3.33. The molecule has 5 N–H and O–H groups in total. The number of benzene rings is 3. The molecule has 68 heavy (non-hydrogen) atoms. The van der Waals surface area contributed by atoms with Crippen molar-refractivity contribution in [2.24, 2.45) is 5.92 Å². The highest BCUT2D eigenvalue weighted by atomic mass is 32.2. The molecule has 6 rings (SSSR count). The van der Waals surface area contributed by atoms with Gasteiger partial charge >= 0.3 is 0 Å². The van der Waals surface area contributed by atoms with Crippen molar-refractivity contribution < 1.29 is 29.6 Å². The lowest BCUT2D eigenvalue weighted by Gasteiger charge is -2.37. The molecule has 0 saturated carbocycles. The highest BCUT2D eigenvalue weighted by Crippen LogP contribution is 2.36. The Morgan fingerprint density at radius 1 is 1.03 bits per heavy atom. The Bertz CT molecular complexity index is 2200. The number of hydrogen-bond donors (Lipinski definition) is 5. The molecule has 3 aromatic carbocycles. The number of carbonyl (C=O) groups excluding carboxylic acids is 3. The molecular formula is C53H73N7O7S. The van der Waals surface area contributed by atoms with E-state index < -0.39 is 23.6 Å². The number of amides is 2. The van der Waals surface area contributed by atoms with Crippen molar-refractivity contribution in [2.75, 3.05) is 62.8 Å². The largest absolute Gasteiger partial charge is 0.389 e. The molecule has 1 heterocycles. The third kappa shape index (κ3) is 16.5. The van der Waals surface area contributed by atoms with Crippen LogP contribution in [-0.2, 0) is 16.1 Å². The number of thioether (sulfide) groups is 1. The topological polar surface area (TPSA) is 181 Å². The van der Waals surface area contributed by atoms with Crippen molar-refractivity contribution in [3.05, 3.63) is 129 Å². The molecular weight excluding hydrogens is 879 g/mol. The SMILES string of the molecule is CCCCCC(=O)Nc1cc(C(=O)C[C@@](C)(O)C2C=CC(N[C@H](CCN(C)C)CSC3=CCCC=C3)C([N+](=O)[O-])C2)ccc1N1CCN(Cc2ccccc2-c2ccc(C)cc2)CC1.O=CNO. The Kier molecular flexibility index (Phi) is 21.5. The third-order valence-corrected chi connectivity index (χ3v) is 14.2. The van der Waals surface area contributed by atoms with Crippen LogP contribution in [0, 0.1) is 23.0 Å². The average molecular weight is 952 g/mol. The molecule has 0 bridgehead atoms. The number of aryl methyl sites for hydroxylation is 1. The Hall–Kier alpha value is -5.16. The normalized spacial score (nSPS) is 19.6. The fraction of sp³-hybridized carbons (Fsp3) is 0.491. The molecule has 3 aliphatic rings. The first-order valence-corrected chi connectivity index (χ1v) is 25.1. The first-order valence-electron chi connectivity index (χ1n) is 24.1. The van der Waals surface area contributed by atoms with Crippen LogP contribution in [0.3, 0.4) is 0 Å². The number of hydroxylamine groups is 1. The Balaban J connectivity index is 0.00000208. The fourth-order valence-corrected chi connectivity index (χ4v) is 10.0. The van der Waals surface area contributed by atoms with Gasteiger partial charge in [-0.15, -0.1) is 11.8 Å². The molecule has 2 aliphatic carbocycles. The minimum absolute atomic E-state index is 0.0411. The number of ketones is 1. The summed E-state index contributed by atoms with van der Waals surface area (Å²) in [6, 6.07) is 21.3. The highest BCUT2D eigenvalue weighted by Gasteiger charge is 2.43. The molecule has 0 radical (unpaired) electrons. The van der Waals surface area contributed by atoms with Crippen molar-refractivity contribution in [1.82, 2.24) is 20.6 Å². The lowest BCUT2D eigenvalue weighted by Crippen LogP contribution is -2.53. The minimum atomic E-state index is -1.54. The summed E-state index contributed by atoms with van der Waals surface area (Å²) in [6.07, 6.45) is 16.4. The molecule has 2 amide bonds. The summed E-state index contributed by atoms with van der Waals surface area (Å²) in [7, 11) is 4.06. The van der Waals surface area contributed by atoms with Crippen LogP contribution in [0.15, 0.2) is 102 Å². The molecule has 1 fully saturated rings. The molecule has 5 atom stereocenters. The van der Waals surface area contributed by atoms with Gasteiger partial charge in [0.05, 0.1) is 23.0 Å². The summed E-state index contributed by atoms with van der Waals surface area (Å²) in [5.74, 6) is -0.193. The predicted molar refractivity (Wildman–Crippen MR) is 275 cm³/mol. The molecule has 1 saturated heterocycles. The van der Waals surface area contributed by atoms with Gasteiger partial charge in [0.1, 0.15) is 0 Å². The van der Waals surface area contributed by atoms with Gasteiger partial charge in [-0.25, -0.2) is 5.48 Å². The quantitative estimate of drug-likeness (QED) is 0.0117. The van der Waals surface area contributed by atoms with Crippen molar-refractivity contribution in [3.63, 3.8) is 0 Å². The second-order valence-corrected chi connectivity index (χ2v) is 19.8. The number of nitrogens with zero attached hydrogens (tertiary/aromatic N) is 4. The zero-order chi connectivity index (χ0) is 49.1. The van der Waals surface area contributed by atoms with Crippen molar-refractivity contribution in [1.29, 1.82) is 0 Å². The van der Waals surface area contributed by atoms with Crippen LogP contribution in [0.5, 0.6) is 0 Å². The predicted octanol–water partition coefficient (Wildman–Crippen LogP) is 8.42. The van der Waals surface area contributed by atoms with Crippen LogP contribution < -0.4 is 21.0 Å². The van der Waals surface area contributed by atoms with Crippen LogP contribution in [0.4, 0.5) is 11.4 Å². The number of hydrogen-bond acceptors (Lipinski definition) is 12. The van der Waals surface area contributed by atoms with E-state index in [-0.39, 0.29) is 41.9 Å². The number of aliphatic hydroxyl groups is 1. The van der Waals surface area contributed by atoms with E-state index in [0.29, 0.717) is 17.7 Å². The van der Waals surface area contributed by atoms with Gasteiger partial charge < -0.3 is 25.5 Å². The highest BCUT2D eigenvalue weighted by molar-refractivity contribution is 8.03. The number of nitrogens with one attached hydrogen (secondary N) is 3. The van der Waals surface area contributed by atoms with Gasteiger partial charge in [0.25, 0.3) is 0 Å². The van der Waals surface area contributed by atoms with Gasteiger partial charge in [0.15, 0.2) is 5.78 Å². The Labute approximate surface area is 407 Å². The molecule has 15 heteroatoms. The van der Waals surface area contributed by atoms with Gasteiger partial charge in [-0.1, -0.05) is 104 Å². The van der Waals surface area contributed by atoms with Crippen molar-refractivity contribution in [2.45, 2.75) is 109 Å². The first kappa shape index (κ1) is 53.8. The monoisotopic (exact) mass is 952 g/mol. The second kappa shape index (κ2) is 27.1. The van der Waals surface area contributed by atoms with E-state index in [0.717, 1.165) is 89.2 Å². The van der Waals surface area contributed by atoms with Crippen LogP contribution >= 0.6 is 11.8 Å². The maximum atomic E-state index is 14.1. The van der Waals surface area contributed by atoms with Gasteiger partial charge in [0, 0.05) is 85.1 Å². The van der Waals surface area contributed by atoms with E-state index in [9.17, 15) is 24.8 Å². The standard InChI is InChI=1S/C52H70N6O5S.CH3NO2/c1-6-7-9-18-51(60)54-47-33-40(23-26-48(47)57-31-29-56(30-32-57)36-41-14-12-13-17-45(41)39-21-19-38(2)20-22-39)50(59)35-52(3,61)42-24-25-46(49(34-42)58(62)63)53-43(27-28-55(4)5)37-64-44-15-10-8-11-16-44;3-1-2-4/h10,12-17,19-26,33,42-43,46,49,53,61H,6-9,11,18,27-32,34-37H2,1-5H3,(H,54,60);1,4H,(H,2,3)/t42?,43-,46?,49?,52-;/m1./s1. The number of allylic oxidation sites excluding steroid dienone is 3. The second-order valence-electron chi connectivity index (χ2n) is 18.7. The molecule has 3 unspecified atom stereocenters. The Morgan fingerprint density at radius 3 is 2.43 bits per heavy atom.